The fourth-order valence-electron chi connectivity index (χ4n) is 3.99. The lowest BCUT2D eigenvalue weighted by molar-refractivity contribution is -0.181. The molecule has 2 fully saturated rings. The smallest absolute Gasteiger partial charge is 0.243 e. The largest absolute Gasteiger partial charge is 0.378 e. The molecule has 1 aliphatic heterocycles. The lowest BCUT2D eigenvalue weighted by Crippen LogP contribution is -2.76. The second-order valence-electron chi connectivity index (χ2n) is 8.01. The summed E-state index contributed by atoms with van der Waals surface area (Å²) in [6, 6.07) is 6.21. The summed E-state index contributed by atoms with van der Waals surface area (Å²) in [6.45, 7) is 7.56. The van der Waals surface area contributed by atoms with Gasteiger partial charge in [-0.15, -0.1) is 0 Å². The van der Waals surface area contributed by atoms with Gasteiger partial charge in [0.1, 0.15) is 11.4 Å². The number of ether oxygens (including phenoxy) is 1. The molecule has 27 heavy (non-hydrogen) atoms. The van der Waals surface area contributed by atoms with E-state index >= 15 is 0 Å². The monoisotopic (exact) mass is 377 g/mol. The number of halogens is 1. The fourth-order valence-corrected chi connectivity index (χ4v) is 3.99. The van der Waals surface area contributed by atoms with Crippen LogP contribution in [0.5, 0.6) is 0 Å². The average molecular weight is 377 g/mol. The summed E-state index contributed by atoms with van der Waals surface area (Å²) < 4.78 is 19.0. The van der Waals surface area contributed by atoms with E-state index < -0.39 is 11.0 Å². The Labute approximate surface area is 159 Å². The van der Waals surface area contributed by atoms with Crippen LogP contribution in [0.1, 0.15) is 32.8 Å². The Bertz CT molecular complexity index is 739. The van der Waals surface area contributed by atoms with Crippen LogP contribution < -0.4 is 5.73 Å². The van der Waals surface area contributed by atoms with Crippen LogP contribution in [0.15, 0.2) is 24.3 Å². The van der Waals surface area contributed by atoms with Gasteiger partial charge < -0.3 is 20.3 Å². The van der Waals surface area contributed by atoms with Crippen molar-refractivity contribution in [2.24, 2.45) is 11.1 Å². The zero-order valence-corrected chi connectivity index (χ0v) is 16.2. The van der Waals surface area contributed by atoms with Crippen LogP contribution in [0.3, 0.4) is 0 Å². The highest BCUT2D eigenvalue weighted by Gasteiger charge is 2.64. The minimum absolute atomic E-state index is 0.00246. The Hall–Kier alpha value is -1.99. The number of hydrogen-bond donors (Lipinski definition) is 1. The van der Waals surface area contributed by atoms with Gasteiger partial charge >= 0.3 is 0 Å². The predicted molar refractivity (Wildman–Crippen MR) is 99.1 cm³/mol. The molecular weight excluding hydrogens is 349 g/mol. The van der Waals surface area contributed by atoms with Gasteiger partial charge in [0, 0.05) is 38.1 Å². The number of rotatable bonds is 5. The molecule has 2 unspecified atom stereocenters. The van der Waals surface area contributed by atoms with Crippen molar-refractivity contribution in [2.45, 2.75) is 45.4 Å². The number of amides is 2. The number of nitrogens with zero attached hydrogens (tertiary/aromatic N) is 2. The third-order valence-corrected chi connectivity index (χ3v) is 6.08. The zero-order chi connectivity index (χ0) is 19.8. The van der Waals surface area contributed by atoms with Crippen molar-refractivity contribution >= 4 is 11.8 Å². The summed E-state index contributed by atoms with van der Waals surface area (Å²) in [4.78, 5) is 28.8. The van der Waals surface area contributed by atoms with E-state index in [4.69, 9.17) is 10.5 Å². The standard InChI is InChI=1S/C20H28FN3O3/c1-4-27-16-11-20(22,19(16,2)3)18(26)24-9-8-23(17(25)13-24)12-14-6-5-7-15(21)10-14/h5-7,10,16H,4,8-9,11-13,22H2,1-3H3. The van der Waals surface area contributed by atoms with Gasteiger partial charge in [0.15, 0.2) is 0 Å². The van der Waals surface area contributed by atoms with Crippen molar-refractivity contribution in [1.82, 2.24) is 9.80 Å². The normalized spacial score (nSPS) is 27.4. The number of carbonyl (C=O) groups excluding carboxylic acids is 2. The molecule has 1 saturated carbocycles. The van der Waals surface area contributed by atoms with Crippen LogP contribution in [0.25, 0.3) is 0 Å². The van der Waals surface area contributed by atoms with E-state index in [1.54, 1.807) is 21.9 Å². The van der Waals surface area contributed by atoms with Crippen LogP contribution in [0.2, 0.25) is 0 Å². The maximum atomic E-state index is 13.3. The Morgan fingerprint density at radius 2 is 2.11 bits per heavy atom. The summed E-state index contributed by atoms with van der Waals surface area (Å²) in [7, 11) is 0. The van der Waals surface area contributed by atoms with Gasteiger partial charge in [-0.1, -0.05) is 26.0 Å². The Balaban J connectivity index is 1.62. The molecule has 1 aliphatic carbocycles. The van der Waals surface area contributed by atoms with E-state index in [-0.39, 0.29) is 30.3 Å². The molecular formula is C20H28FN3O3. The minimum Gasteiger partial charge on any atom is -0.378 e. The molecule has 1 aromatic carbocycles. The first kappa shape index (κ1) is 19.8. The van der Waals surface area contributed by atoms with Crippen LogP contribution in [-0.4, -0.2) is 59.5 Å². The lowest BCUT2D eigenvalue weighted by atomic mass is 9.54. The summed E-state index contributed by atoms with van der Waals surface area (Å²) in [5.74, 6) is -0.668. The molecule has 0 bridgehead atoms. The Morgan fingerprint density at radius 3 is 2.70 bits per heavy atom. The van der Waals surface area contributed by atoms with Crippen molar-refractivity contribution in [3.63, 3.8) is 0 Å². The van der Waals surface area contributed by atoms with Crippen LogP contribution in [-0.2, 0) is 20.9 Å². The number of carbonyl (C=O) groups is 2. The molecule has 7 heteroatoms. The minimum atomic E-state index is -1.02. The number of hydrogen-bond acceptors (Lipinski definition) is 4. The molecule has 3 rings (SSSR count). The van der Waals surface area contributed by atoms with Crippen molar-refractivity contribution in [3.05, 3.63) is 35.6 Å². The van der Waals surface area contributed by atoms with Crippen LogP contribution in [0, 0.1) is 11.2 Å². The van der Waals surface area contributed by atoms with Gasteiger partial charge in [0.05, 0.1) is 12.6 Å². The molecule has 6 nitrogen and oxygen atoms in total. The van der Waals surface area contributed by atoms with E-state index in [9.17, 15) is 14.0 Å². The van der Waals surface area contributed by atoms with Gasteiger partial charge in [-0.2, -0.15) is 0 Å². The Kier molecular flexibility index (Phi) is 5.27. The lowest BCUT2D eigenvalue weighted by Gasteiger charge is -2.59. The second kappa shape index (κ2) is 7.20. The number of benzene rings is 1. The van der Waals surface area contributed by atoms with Crippen molar-refractivity contribution in [3.8, 4) is 0 Å². The molecule has 0 aromatic heterocycles. The van der Waals surface area contributed by atoms with E-state index in [0.717, 1.165) is 5.56 Å². The van der Waals surface area contributed by atoms with Gasteiger partial charge in [-0.3, -0.25) is 9.59 Å². The summed E-state index contributed by atoms with van der Waals surface area (Å²) in [6.07, 6.45) is 0.408. The van der Waals surface area contributed by atoms with Crippen molar-refractivity contribution in [2.75, 3.05) is 26.2 Å². The maximum absolute atomic E-state index is 13.3. The maximum Gasteiger partial charge on any atom is 0.243 e. The zero-order valence-electron chi connectivity index (χ0n) is 16.2. The molecule has 1 aromatic rings. The number of nitrogens with two attached hydrogens (primary N) is 1. The topological polar surface area (TPSA) is 75.9 Å². The first-order valence-electron chi connectivity index (χ1n) is 9.41. The molecule has 2 aliphatic rings. The fraction of sp³-hybridized carbons (Fsp3) is 0.600. The molecule has 148 valence electrons. The molecule has 2 amide bonds. The third kappa shape index (κ3) is 3.46. The number of piperazine rings is 1. The van der Waals surface area contributed by atoms with Gasteiger partial charge in [0.2, 0.25) is 11.8 Å². The molecule has 0 spiro atoms. The molecule has 2 N–H and O–H groups in total. The molecule has 2 atom stereocenters. The third-order valence-electron chi connectivity index (χ3n) is 6.08. The predicted octanol–water partition coefficient (Wildman–Crippen LogP) is 1.53. The van der Waals surface area contributed by atoms with Gasteiger partial charge in [-0.05, 0) is 24.6 Å². The average Bonchev–Trinajstić information content (AvgIpc) is 2.62. The summed E-state index contributed by atoms with van der Waals surface area (Å²) in [5, 5.41) is 0. The highest BCUT2D eigenvalue weighted by Crippen LogP contribution is 2.50. The highest BCUT2D eigenvalue weighted by atomic mass is 19.1. The van der Waals surface area contributed by atoms with Gasteiger partial charge in [0.25, 0.3) is 0 Å². The van der Waals surface area contributed by atoms with E-state index in [2.05, 4.69) is 0 Å². The van der Waals surface area contributed by atoms with Crippen molar-refractivity contribution in [1.29, 1.82) is 0 Å². The Morgan fingerprint density at radius 1 is 1.37 bits per heavy atom. The quantitative estimate of drug-likeness (QED) is 0.844. The summed E-state index contributed by atoms with van der Waals surface area (Å²) in [5.41, 5.74) is 5.69. The molecule has 1 heterocycles. The van der Waals surface area contributed by atoms with E-state index in [1.165, 1.54) is 12.1 Å². The SMILES string of the molecule is CCOC1CC(N)(C(=O)N2CCN(Cc3cccc(F)c3)C(=O)C2)C1(C)C. The van der Waals surface area contributed by atoms with E-state index in [0.29, 0.717) is 32.7 Å². The highest BCUT2D eigenvalue weighted by molar-refractivity contribution is 5.93. The summed E-state index contributed by atoms with van der Waals surface area (Å²) >= 11 is 0. The van der Waals surface area contributed by atoms with Crippen LogP contribution in [0.4, 0.5) is 4.39 Å². The molecule has 0 radical (unpaired) electrons. The van der Waals surface area contributed by atoms with Crippen LogP contribution >= 0.6 is 0 Å². The van der Waals surface area contributed by atoms with E-state index in [1.807, 2.05) is 20.8 Å². The van der Waals surface area contributed by atoms with Gasteiger partial charge in [-0.25, -0.2) is 4.39 Å². The first-order valence-corrected chi connectivity index (χ1v) is 9.41. The first-order chi connectivity index (χ1) is 12.7. The molecule has 1 saturated heterocycles. The van der Waals surface area contributed by atoms with Crippen molar-refractivity contribution < 1.29 is 18.7 Å². The second-order valence-corrected chi connectivity index (χ2v) is 8.01.